The zero-order valence-electron chi connectivity index (χ0n) is 13.4. The van der Waals surface area contributed by atoms with Crippen LogP contribution in [0.2, 0.25) is 0 Å². The van der Waals surface area contributed by atoms with Crippen LogP contribution in [0.4, 0.5) is 0 Å². The smallest absolute Gasteiger partial charge is 0.310 e. The molecule has 0 aromatic carbocycles. The van der Waals surface area contributed by atoms with Gasteiger partial charge in [0.15, 0.2) is 0 Å². The van der Waals surface area contributed by atoms with Crippen LogP contribution >= 0.6 is 0 Å². The Balaban J connectivity index is 1.53. The minimum atomic E-state index is -0.125. The summed E-state index contributed by atoms with van der Waals surface area (Å²) in [5, 5.41) is 0. The van der Waals surface area contributed by atoms with Crippen molar-refractivity contribution in [1.82, 2.24) is 0 Å². The maximum absolute atomic E-state index is 12.8. The van der Waals surface area contributed by atoms with Crippen LogP contribution < -0.4 is 0 Å². The number of carbonyl (C=O) groups is 1. The van der Waals surface area contributed by atoms with Gasteiger partial charge >= 0.3 is 5.97 Å². The molecule has 4 rings (SSSR count). The molecule has 0 spiro atoms. The summed E-state index contributed by atoms with van der Waals surface area (Å²) >= 11 is 0. The Morgan fingerprint density at radius 3 is 2.67 bits per heavy atom. The van der Waals surface area contributed by atoms with E-state index in [-0.39, 0.29) is 17.5 Å². The topological polar surface area (TPSA) is 26.3 Å². The van der Waals surface area contributed by atoms with Crippen LogP contribution in [0.15, 0.2) is 12.2 Å². The van der Waals surface area contributed by atoms with Crippen LogP contribution in [0.25, 0.3) is 0 Å². The van der Waals surface area contributed by atoms with Crippen LogP contribution in [0.1, 0.15) is 58.8 Å². The molecular weight excluding hydrogens is 260 g/mol. The van der Waals surface area contributed by atoms with Crippen LogP contribution in [-0.4, -0.2) is 11.6 Å². The number of hydrogen-bond acceptors (Lipinski definition) is 2. The molecule has 2 nitrogen and oxygen atoms in total. The third-order valence-electron chi connectivity index (χ3n) is 7.16. The van der Waals surface area contributed by atoms with E-state index in [1.165, 1.54) is 25.7 Å². The highest BCUT2D eigenvalue weighted by Gasteiger charge is 2.57. The van der Waals surface area contributed by atoms with Crippen molar-refractivity contribution in [2.75, 3.05) is 0 Å². The summed E-state index contributed by atoms with van der Waals surface area (Å²) in [5.74, 6) is 3.35. The molecule has 0 aliphatic heterocycles. The van der Waals surface area contributed by atoms with Crippen molar-refractivity contribution >= 4 is 5.97 Å². The molecule has 0 N–H and O–H groups in total. The van der Waals surface area contributed by atoms with Gasteiger partial charge in [-0.3, -0.25) is 4.79 Å². The standard InChI is InChI=1S/C19H28O2/c1-3-12(2)19(11-14-5-7-16(19)9-14)21-18(20)17-10-13-4-6-15(17)8-13/h4,6,12-17H,3,5,7-11H2,1-2H3/t12-,13?,14?,15?,16?,17?,19?/m0/s1. The summed E-state index contributed by atoms with van der Waals surface area (Å²) in [6, 6.07) is 0. The number of carbonyl (C=O) groups excluding carboxylic acids is 1. The third-order valence-corrected chi connectivity index (χ3v) is 7.16. The van der Waals surface area contributed by atoms with Gasteiger partial charge < -0.3 is 4.74 Å². The fourth-order valence-corrected chi connectivity index (χ4v) is 5.81. The lowest BCUT2D eigenvalue weighted by atomic mass is 9.74. The molecule has 4 bridgehead atoms. The summed E-state index contributed by atoms with van der Waals surface area (Å²) in [5.41, 5.74) is -0.125. The SMILES string of the molecule is CC[C@H](C)C1(OC(=O)C2CC3C=CC2C3)CC2CCC1C2. The van der Waals surface area contributed by atoms with E-state index < -0.39 is 0 Å². The van der Waals surface area contributed by atoms with Gasteiger partial charge in [-0.25, -0.2) is 0 Å². The summed E-state index contributed by atoms with van der Waals surface area (Å²) < 4.78 is 6.35. The fraction of sp³-hybridized carbons (Fsp3) is 0.842. The normalized spacial score (nSPS) is 48.0. The molecule has 0 saturated heterocycles. The highest BCUT2D eigenvalue weighted by atomic mass is 16.6. The number of allylic oxidation sites excluding steroid dienone is 2. The zero-order chi connectivity index (χ0) is 14.6. The molecule has 0 heterocycles. The molecule has 0 aromatic heterocycles. The molecule has 4 aliphatic rings. The van der Waals surface area contributed by atoms with Crippen molar-refractivity contribution < 1.29 is 9.53 Å². The summed E-state index contributed by atoms with van der Waals surface area (Å²) in [6.45, 7) is 4.54. The van der Waals surface area contributed by atoms with E-state index in [0.29, 0.717) is 23.7 Å². The minimum Gasteiger partial charge on any atom is -0.458 e. The molecule has 3 fully saturated rings. The van der Waals surface area contributed by atoms with Gasteiger partial charge in [0.05, 0.1) is 5.92 Å². The Morgan fingerprint density at radius 2 is 2.14 bits per heavy atom. The monoisotopic (exact) mass is 288 g/mol. The number of hydrogen-bond donors (Lipinski definition) is 0. The van der Waals surface area contributed by atoms with Gasteiger partial charge in [-0.05, 0) is 74.5 Å². The number of rotatable bonds is 4. The second-order valence-corrected chi connectivity index (χ2v) is 8.15. The highest BCUT2D eigenvalue weighted by Crippen LogP contribution is 2.57. The van der Waals surface area contributed by atoms with Crippen molar-refractivity contribution in [3.8, 4) is 0 Å². The lowest BCUT2D eigenvalue weighted by Crippen LogP contribution is -2.47. The van der Waals surface area contributed by atoms with Crippen LogP contribution in [0, 0.1) is 35.5 Å². The average Bonchev–Trinajstić information content (AvgIpc) is 3.25. The average molecular weight is 288 g/mol. The molecule has 2 heteroatoms. The largest absolute Gasteiger partial charge is 0.458 e. The lowest BCUT2D eigenvalue weighted by Gasteiger charge is -2.42. The number of ether oxygens (including phenoxy) is 1. The van der Waals surface area contributed by atoms with Gasteiger partial charge in [-0.1, -0.05) is 26.0 Å². The molecule has 6 unspecified atom stereocenters. The van der Waals surface area contributed by atoms with E-state index in [1.54, 1.807) is 0 Å². The number of fused-ring (bicyclic) bond motifs is 4. The maximum Gasteiger partial charge on any atom is 0.310 e. The van der Waals surface area contributed by atoms with Gasteiger partial charge in [0.25, 0.3) is 0 Å². The molecule has 0 aromatic rings. The summed E-state index contributed by atoms with van der Waals surface area (Å²) in [6.07, 6.45) is 13.0. The van der Waals surface area contributed by atoms with Crippen molar-refractivity contribution in [1.29, 1.82) is 0 Å². The molecule has 0 radical (unpaired) electrons. The first-order valence-electron chi connectivity index (χ1n) is 9.03. The van der Waals surface area contributed by atoms with E-state index in [4.69, 9.17) is 4.74 Å². The van der Waals surface area contributed by atoms with Crippen molar-refractivity contribution in [2.45, 2.75) is 64.4 Å². The lowest BCUT2D eigenvalue weighted by molar-refractivity contribution is -0.180. The molecule has 4 aliphatic carbocycles. The second kappa shape index (κ2) is 4.86. The fourth-order valence-electron chi connectivity index (χ4n) is 5.81. The predicted octanol–water partition coefficient (Wildman–Crippen LogP) is 4.35. The Morgan fingerprint density at radius 1 is 1.29 bits per heavy atom. The van der Waals surface area contributed by atoms with E-state index in [9.17, 15) is 4.79 Å². The molecule has 116 valence electrons. The molecule has 7 atom stereocenters. The van der Waals surface area contributed by atoms with E-state index in [0.717, 1.165) is 25.2 Å². The third kappa shape index (κ3) is 2.01. The van der Waals surface area contributed by atoms with Crippen LogP contribution in [0.5, 0.6) is 0 Å². The molecule has 3 saturated carbocycles. The zero-order valence-corrected chi connectivity index (χ0v) is 13.4. The summed E-state index contributed by atoms with van der Waals surface area (Å²) in [7, 11) is 0. The predicted molar refractivity (Wildman–Crippen MR) is 82.6 cm³/mol. The molecular formula is C19H28O2. The first-order chi connectivity index (χ1) is 10.1. The van der Waals surface area contributed by atoms with Gasteiger partial charge in [-0.15, -0.1) is 0 Å². The molecule has 0 amide bonds. The first-order valence-corrected chi connectivity index (χ1v) is 9.03. The van der Waals surface area contributed by atoms with Crippen LogP contribution in [0.3, 0.4) is 0 Å². The highest BCUT2D eigenvalue weighted by molar-refractivity contribution is 5.74. The van der Waals surface area contributed by atoms with Crippen LogP contribution in [-0.2, 0) is 9.53 Å². The maximum atomic E-state index is 12.8. The second-order valence-electron chi connectivity index (χ2n) is 8.15. The van der Waals surface area contributed by atoms with Crippen molar-refractivity contribution in [3.05, 3.63) is 12.2 Å². The van der Waals surface area contributed by atoms with Gasteiger partial charge in [0.1, 0.15) is 5.60 Å². The first kappa shape index (κ1) is 13.8. The van der Waals surface area contributed by atoms with Crippen molar-refractivity contribution in [3.63, 3.8) is 0 Å². The van der Waals surface area contributed by atoms with Crippen molar-refractivity contribution in [2.24, 2.45) is 35.5 Å². The van der Waals surface area contributed by atoms with Gasteiger partial charge in [-0.2, -0.15) is 0 Å². The Labute approximate surface area is 128 Å². The Kier molecular flexibility index (Phi) is 3.20. The number of esters is 1. The Bertz CT molecular complexity index is 468. The van der Waals surface area contributed by atoms with E-state index >= 15 is 0 Å². The minimum absolute atomic E-state index is 0.125. The van der Waals surface area contributed by atoms with E-state index in [1.807, 2.05) is 0 Å². The molecule has 21 heavy (non-hydrogen) atoms. The van der Waals surface area contributed by atoms with Gasteiger partial charge in [0.2, 0.25) is 0 Å². The van der Waals surface area contributed by atoms with Gasteiger partial charge in [0, 0.05) is 0 Å². The summed E-state index contributed by atoms with van der Waals surface area (Å²) in [4.78, 5) is 12.8. The quantitative estimate of drug-likeness (QED) is 0.568. The Hall–Kier alpha value is -0.790. The van der Waals surface area contributed by atoms with E-state index in [2.05, 4.69) is 26.0 Å².